The van der Waals surface area contributed by atoms with Crippen LogP contribution in [0.4, 0.5) is 0 Å². The molecular formula is C9H14N2O5. The molecule has 0 aliphatic rings. The summed E-state index contributed by atoms with van der Waals surface area (Å²) in [6.45, 7) is 2.61. The van der Waals surface area contributed by atoms with Gasteiger partial charge < -0.3 is 5.73 Å². The van der Waals surface area contributed by atoms with Crippen LogP contribution >= 0.6 is 0 Å². The summed E-state index contributed by atoms with van der Waals surface area (Å²) in [4.78, 5) is 49.8. The van der Waals surface area contributed by atoms with Gasteiger partial charge in [-0.1, -0.05) is 0 Å². The Bertz CT molecular complexity index is 286. The van der Waals surface area contributed by atoms with Crippen molar-refractivity contribution in [1.82, 2.24) is 5.32 Å². The maximum absolute atomic E-state index is 10.3. The van der Waals surface area contributed by atoms with Gasteiger partial charge in [-0.05, 0) is 13.8 Å². The van der Waals surface area contributed by atoms with E-state index in [1.807, 2.05) is 5.32 Å². The number of nitrogens with two attached hydrogens (primary N) is 1. The van der Waals surface area contributed by atoms with Gasteiger partial charge in [0.25, 0.3) is 0 Å². The van der Waals surface area contributed by atoms with Gasteiger partial charge in [0.15, 0.2) is 0 Å². The lowest BCUT2D eigenvalue weighted by Gasteiger charge is -1.90. The second-order valence-electron chi connectivity index (χ2n) is 2.91. The molecule has 3 amide bonds. The molecule has 0 aromatic heterocycles. The maximum Gasteiger partial charge on any atom is 0.233 e. The van der Waals surface area contributed by atoms with E-state index in [2.05, 4.69) is 5.73 Å². The molecule has 0 spiro atoms. The summed E-state index contributed by atoms with van der Waals surface area (Å²) in [6, 6.07) is 0. The Morgan fingerprint density at radius 1 is 1.06 bits per heavy atom. The molecule has 0 aliphatic carbocycles. The van der Waals surface area contributed by atoms with Crippen molar-refractivity contribution in [2.45, 2.75) is 26.7 Å². The van der Waals surface area contributed by atoms with E-state index in [-0.39, 0.29) is 30.8 Å². The molecule has 7 nitrogen and oxygen atoms in total. The van der Waals surface area contributed by atoms with Crippen LogP contribution in [0.15, 0.2) is 0 Å². The zero-order valence-corrected chi connectivity index (χ0v) is 9.11. The minimum Gasteiger partial charge on any atom is -0.369 e. The van der Waals surface area contributed by atoms with Crippen LogP contribution in [0.25, 0.3) is 0 Å². The minimum absolute atomic E-state index is 0.139. The number of primary amides is 1. The van der Waals surface area contributed by atoms with Crippen LogP contribution in [-0.4, -0.2) is 29.8 Å². The third-order valence-electron chi connectivity index (χ3n) is 1.05. The highest BCUT2D eigenvalue weighted by atomic mass is 16.2. The first-order valence-electron chi connectivity index (χ1n) is 4.29. The monoisotopic (exact) mass is 230 g/mol. The number of imide groups is 1. The number of hydrogen-bond acceptors (Lipinski definition) is 5. The fourth-order valence-corrected chi connectivity index (χ4v) is 0.588. The van der Waals surface area contributed by atoms with Crippen molar-refractivity contribution < 1.29 is 24.0 Å². The smallest absolute Gasteiger partial charge is 0.233 e. The Morgan fingerprint density at radius 2 is 1.50 bits per heavy atom. The van der Waals surface area contributed by atoms with Crippen LogP contribution < -0.4 is 11.1 Å². The van der Waals surface area contributed by atoms with Gasteiger partial charge in [-0.15, -0.1) is 0 Å². The van der Waals surface area contributed by atoms with E-state index in [9.17, 15) is 24.0 Å². The third kappa shape index (κ3) is 17.9. The van der Waals surface area contributed by atoms with Gasteiger partial charge >= 0.3 is 0 Å². The van der Waals surface area contributed by atoms with Crippen LogP contribution in [0.3, 0.4) is 0 Å². The van der Waals surface area contributed by atoms with Crippen molar-refractivity contribution in [3.8, 4) is 0 Å². The number of nitrogens with one attached hydrogen (secondary N) is 1. The average Bonchev–Trinajstić information content (AvgIpc) is 2.00. The topological polar surface area (TPSA) is 123 Å². The summed E-state index contributed by atoms with van der Waals surface area (Å²) in [5.41, 5.74) is 4.63. The number of carbonyl (C=O) groups excluding carboxylic acids is 5. The maximum atomic E-state index is 10.3. The molecule has 0 unspecified atom stereocenters. The Kier molecular flexibility index (Phi) is 9.73. The van der Waals surface area contributed by atoms with Crippen LogP contribution in [0.1, 0.15) is 26.7 Å². The van der Waals surface area contributed by atoms with Gasteiger partial charge in [0.1, 0.15) is 11.6 Å². The average molecular weight is 230 g/mol. The van der Waals surface area contributed by atoms with Gasteiger partial charge in [-0.2, -0.15) is 0 Å². The molecule has 0 heterocycles. The van der Waals surface area contributed by atoms with Gasteiger partial charge in [-0.25, -0.2) is 0 Å². The summed E-state index contributed by atoms with van der Waals surface area (Å²) >= 11 is 0. The molecule has 0 aromatic rings. The number of Topliss-reactive ketones (excluding diaryl/α,β-unsaturated/α-hetero) is 2. The van der Waals surface area contributed by atoms with Gasteiger partial charge in [0.05, 0.1) is 12.8 Å². The highest BCUT2D eigenvalue weighted by molar-refractivity contribution is 6.00. The molecule has 0 aliphatic heterocycles. The second kappa shape index (κ2) is 9.50. The number of amides is 3. The van der Waals surface area contributed by atoms with Crippen molar-refractivity contribution in [1.29, 1.82) is 0 Å². The van der Waals surface area contributed by atoms with Gasteiger partial charge in [0.2, 0.25) is 18.2 Å². The lowest BCUT2D eigenvalue weighted by Crippen LogP contribution is -2.22. The predicted octanol–water partition coefficient (Wildman–Crippen LogP) is -1.31. The summed E-state index contributed by atoms with van der Waals surface area (Å²) in [5, 5.41) is 1.84. The Hall–Kier alpha value is -2.05. The van der Waals surface area contributed by atoms with Crippen molar-refractivity contribution in [2.75, 3.05) is 0 Å². The number of hydrogen-bond donors (Lipinski definition) is 2. The van der Waals surface area contributed by atoms with Crippen molar-refractivity contribution in [2.24, 2.45) is 5.73 Å². The summed E-state index contributed by atoms with van der Waals surface area (Å²) in [7, 11) is 0. The van der Waals surface area contributed by atoms with Crippen LogP contribution in [0, 0.1) is 0 Å². The molecule has 16 heavy (non-hydrogen) atoms. The van der Waals surface area contributed by atoms with Crippen LogP contribution in [0.5, 0.6) is 0 Å². The summed E-state index contributed by atoms with van der Waals surface area (Å²) in [6.07, 6.45) is -0.107. The van der Waals surface area contributed by atoms with E-state index in [0.29, 0.717) is 0 Å². The first-order chi connectivity index (χ1) is 7.29. The summed E-state index contributed by atoms with van der Waals surface area (Å²) in [5.74, 6) is -1.56. The zero-order chi connectivity index (χ0) is 13.1. The molecule has 0 rings (SSSR count). The Labute approximate surface area is 92.4 Å². The normalized spacial score (nSPS) is 8.12. The number of carbonyl (C=O) groups is 5. The van der Waals surface area contributed by atoms with E-state index < -0.39 is 11.8 Å². The van der Waals surface area contributed by atoms with E-state index in [1.165, 1.54) is 13.8 Å². The third-order valence-corrected chi connectivity index (χ3v) is 1.05. The van der Waals surface area contributed by atoms with Crippen molar-refractivity contribution >= 4 is 29.8 Å². The first-order valence-corrected chi connectivity index (χ1v) is 4.29. The lowest BCUT2D eigenvalue weighted by molar-refractivity contribution is -0.129. The largest absolute Gasteiger partial charge is 0.369 e. The lowest BCUT2D eigenvalue weighted by atomic mass is 10.3. The standard InChI is InChI=1S/C5H7NO3.C4H7NO2/c1-4(8)2-5(9)6-3-7;1-3(6)2-4(5)7/h3H,2H2,1H3,(H,6,7,9);2H2,1H3,(H2,5,7). The molecule has 0 bridgehead atoms. The molecule has 3 N–H and O–H groups in total. The molecule has 0 aromatic carbocycles. The van der Waals surface area contributed by atoms with E-state index in [4.69, 9.17) is 0 Å². The molecule has 0 atom stereocenters. The number of rotatable bonds is 5. The molecule has 7 heteroatoms. The fraction of sp³-hybridized carbons (Fsp3) is 0.444. The Morgan fingerprint density at radius 3 is 1.69 bits per heavy atom. The highest BCUT2D eigenvalue weighted by Crippen LogP contribution is 1.78. The number of ketones is 2. The van der Waals surface area contributed by atoms with E-state index >= 15 is 0 Å². The Balaban J connectivity index is 0. The minimum atomic E-state index is -0.562. The first kappa shape index (κ1) is 16.4. The quantitative estimate of drug-likeness (QED) is 0.448. The van der Waals surface area contributed by atoms with Crippen LogP contribution in [0.2, 0.25) is 0 Å². The molecule has 0 fully saturated rings. The van der Waals surface area contributed by atoms with Crippen molar-refractivity contribution in [3.05, 3.63) is 0 Å². The summed E-state index contributed by atoms with van der Waals surface area (Å²) < 4.78 is 0. The zero-order valence-electron chi connectivity index (χ0n) is 9.11. The van der Waals surface area contributed by atoms with E-state index in [1.54, 1.807) is 0 Å². The van der Waals surface area contributed by atoms with E-state index in [0.717, 1.165) is 0 Å². The second-order valence-corrected chi connectivity index (χ2v) is 2.91. The molecule has 0 radical (unpaired) electrons. The SMILES string of the molecule is CC(=O)CC(=O)NC=O.CC(=O)CC(N)=O. The molecular weight excluding hydrogens is 216 g/mol. The molecule has 0 saturated heterocycles. The van der Waals surface area contributed by atoms with Gasteiger partial charge in [-0.3, -0.25) is 29.3 Å². The highest BCUT2D eigenvalue weighted by Gasteiger charge is 2.01. The van der Waals surface area contributed by atoms with Crippen LogP contribution in [-0.2, 0) is 24.0 Å². The predicted molar refractivity (Wildman–Crippen MR) is 54.0 cm³/mol. The fourth-order valence-electron chi connectivity index (χ4n) is 0.588. The molecule has 0 saturated carbocycles. The van der Waals surface area contributed by atoms with Gasteiger partial charge in [0, 0.05) is 0 Å². The van der Waals surface area contributed by atoms with Crippen molar-refractivity contribution in [3.63, 3.8) is 0 Å². The molecule has 90 valence electrons.